The third-order valence-corrected chi connectivity index (χ3v) is 1.97. The smallest absolute Gasteiger partial charge is 0.137 e. The second-order valence-corrected chi connectivity index (χ2v) is 2.67. The quantitative estimate of drug-likeness (QED) is 0.587. The van der Waals surface area contributed by atoms with Crippen molar-refractivity contribution in [2.75, 3.05) is 0 Å². The van der Waals surface area contributed by atoms with Crippen LogP contribution < -0.4 is 0 Å². The first kappa shape index (κ1) is 7.99. The maximum absolute atomic E-state index is 11.0. The lowest BCUT2D eigenvalue weighted by atomic mass is 9.91. The van der Waals surface area contributed by atoms with Gasteiger partial charge in [-0.2, -0.15) is 0 Å². The standard InChI is InChI=1S/C10H12O/c1-3-8-5-6-10(11)7-9(8)4-2/h3-4H,1-2,5-7H2. The summed E-state index contributed by atoms with van der Waals surface area (Å²) in [6.45, 7) is 7.35. The van der Waals surface area contributed by atoms with Crippen molar-refractivity contribution in [2.24, 2.45) is 0 Å². The third kappa shape index (κ3) is 1.67. The van der Waals surface area contributed by atoms with Gasteiger partial charge in [-0.05, 0) is 17.6 Å². The van der Waals surface area contributed by atoms with Crippen LogP contribution in [0.15, 0.2) is 36.5 Å². The molecule has 0 saturated carbocycles. The summed E-state index contributed by atoms with van der Waals surface area (Å²) in [7, 11) is 0. The number of hydrogen-bond donors (Lipinski definition) is 0. The van der Waals surface area contributed by atoms with Crippen LogP contribution in [0.3, 0.4) is 0 Å². The topological polar surface area (TPSA) is 17.1 Å². The van der Waals surface area contributed by atoms with E-state index in [1.165, 1.54) is 5.57 Å². The Balaban J connectivity index is 2.91. The number of allylic oxidation sites excluding steroid dienone is 4. The highest BCUT2D eigenvalue weighted by Crippen LogP contribution is 2.23. The van der Waals surface area contributed by atoms with Crippen molar-refractivity contribution in [3.8, 4) is 0 Å². The van der Waals surface area contributed by atoms with Gasteiger partial charge in [-0.3, -0.25) is 4.79 Å². The first-order valence-corrected chi connectivity index (χ1v) is 3.76. The number of Topliss-reactive ketones (excluding diaryl/α,β-unsaturated/α-hetero) is 1. The van der Waals surface area contributed by atoms with Crippen molar-refractivity contribution in [1.82, 2.24) is 0 Å². The minimum Gasteiger partial charge on any atom is -0.299 e. The van der Waals surface area contributed by atoms with Crippen LogP contribution in [0.25, 0.3) is 0 Å². The molecule has 0 atom stereocenters. The van der Waals surface area contributed by atoms with Crippen LogP contribution >= 0.6 is 0 Å². The fourth-order valence-electron chi connectivity index (χ4n) is 1.29. The predicted octanol–water partition coefficient (Wildman–Crippen LogP) is 2.41. The lowest BCUT2D eigenvalue weighted by Gasteiger charge is -2.13. The van der Waals surface area contributed by atoms with E-state index in [1.54, 1.807) is 6.08 Å². The summed E-state index contributed by atoms with van der Waals surface area (Å²) in [6.07, 6.45) is 5.63. The molecule has 0 saturated heterocycles. The molecular formula is C10H12O. The van der Waals surface area contributed by atoms with Crippen molar-refractivity contribution < 1.29 is 4.79 Å². The Bertz CT molecular complexity index is 233. The molecule has 1 aliphatic carbocycles. The van der Waals surface area contributed by atoms with E-state index in [9.17, 15) is 4.79 Å². The molecule has 0 spiro atoms. The first-order chi connectivity index (χ1) is 5.27. The fourth-order valence-corrected chi connectivity index (χ4v) is 1.29. The van der Waals surface area contributed by atoms with E-state index in [2.05, 4.69) is 13.2 Å². The maximum Gasteiger partial charge on any atom is 0.137 e. The van der Waals surface area contributed by atoms with E-state index >= 15 is 0 Å². The maximum atomic E-state index is 11.0. The molecule has 1 rings (SSSR count). The molecule has 0 aromatic heterocycles. The molecule has 0 aromatic carbocycles. The highest BCUT2D eigenvalue weighted by atomic mass is 16.1. The van der Waals surface area contributed by atoms with Crippen molar-refractivity contribution in [2.45, 2.75) is 19.3 Å². The van der Waals surface area contributed by atoms with E-state index in [4.69, 9.17) is 0 Å². The molecule has 0 heterocycles. The molecule has 58 valence electrons. The Morgan fingerprint density at radius 2 is 1.73 bits per heavy atom. The first-order valence-electron chi connectivity index (χ1n) is 3.76. The highest BCUT2D eigenvalue weighted by Gasteiger charge is 2.13. The van der Waals surface area contributed by atoms with Gasteiger partial charge >= 0.3 is 0 Å². The number of carbonyl (C=O) groups excluding carboxylic acids is 1. The Kier molecular flexibility index (Phi) is 2.42. The van der Waals surface area contributed by atoms with E-state index < -0.39 is 0 Å². The second-order valence-electron chi connectivity index (χ2n) is 2.67. The molecule has 0 unspecified atom stereocenters. The van der Waals surface area contributed by atoms with Gasteiger partial charge < -0.3 is 0 Å². The van der Waals surface area contributed by atoms with Gasteiger partial charge in [-0.15, -0.1) is 0 Å². The largest absolute Gasteiger partial charge is 0.299 e. The van der Waals surface area contributed by atoms with Crippen molar-refractivity contribution >= 4 is 5.78 Å². The molecule has 1 heteroatoms. The number of rotatable bonds is 2. The zero-order valence-electron chi connectivity index (χ0n) is 6.60. The van der Waals surface area contributed by atoms with Gasteiger partial charge in [0.1, 0.15) is 5.78 Å². The molecule has 0 amide bonds. The molecule has 0 N–H and O–H groups in total. The van der Waals surface area contributed by atoms with Crippen molar-refractivity contribution in [1.29, 1.82) is 0 Å². The average molecular weight is 148 g/mol. The van der Waals surface area contributed by atoms with Gasteiger partial charge in [-0.25, -0.2) is 0 Å². The van der Waals surface area contributed by atoms with Crippen LogP contribution in [0, 0.1) is 0 Å². The lowest BCUT2D eigenvalue weighted by molar-refractivity contribution is -0.118. The summed E-state index contributed by atoms with van der Waals surface area (Å²) in [5.74, 6) is 0.311. The molecule has 1 aliphatic rings. The van der Waals surface area contributed by atoms with Crippen molar-refractivity contribution in [3.63, 3.8) is 0 Å². The Hall–Kier alpha value is -1.11. The molecule has 0 aliphatic heterocycles. The molecule has 0 radical (unpaired) electrons. The molecule has 0 fully saturated rings. The third-order valence-electron chi connectivity index (χ3n) is 1.97. The van der Waals surface area contributed by atoms with Gasteiger partial charge in [0.15, 0.2) is 0 Å². The minimum absolute atomic E-state index is 0.311. The van der Waals surface area contributed by atoms with Crippen LogP contribution in [-0.2, 0) is 4.79 Å². The van der Waals surface area contributed by atoms with Crippen LogP contribution in [0.4, 0.5) is 0 Å². The Morgan fingerprint density at radius 3 is 2.27 bits per heavy atom. The van der Waals surface area contributed by atoms with Gasteiger partial charge in [0.05, 0.1) is 0 Å². The van der Waals surface area contributed by atoms with Crippen LogP contribution in [0.2, 0.25) is 0 Å². The second kappa shape index (κ2) is 3.33. The lowest BCUT2D eigenvalue weighted by Crippen LogP contribution is -2.06. The van der Waals surface area contributed by atoms with E-state index in [-0.39, 0.29) is 0 Å². The van der Waals surface area contributed by atoms with E-state index in [1.807, 2.05) is 6.08 Å². The number of carbonyl (C=O) groups is 1. The van der Waals surface area contributed by atoms with Gasteiger partial charge in [-0.1, -0.05) is 25.3 Å². The molecule has 1 nitrogen and oxygen atoms in total. The SMILES string of the molecule is C=CC1=C(C=C)CC(=O)CC1. The summed E-state index contributed by atoms with van der Waals surface area (Å²) in [6, 6.07) is 0. The number of hydrogen-bond acceptors (Lipinski definition) is 1. The van der Waals surface area contributed by atoms with Gasteiger partial charge in [0.25, 0.3) is 0 Å². The summed E-state index contributed by atoms with van der Waals surface area (Å²) in [4.78, 5) is 11.0. The van der Waals surface area contributed by atoms with Crippen LogP contribution in [0.5, 0.6) is 0 Å². The van der Waals surface area contributed by atoms with Gasteiger partial charge in [0, 0.05) is 12.8 Å². The summed E-state index contributed by atoms with van der Waals surface area (Å²) < 4.78 is 0. The van der Waals surface area contributed by atoms with Crippen LogP contribution in [-0.4, -0.2) is 5.78 Å². The monoisotopic (exact) mass is 148 g/mol. The summed E-state index contributed by atoms with van der Waals surface area (Å²) >= 11 is 0. The van der Waals surface area contributed by atoms with Crippen molar-refractivity contribution in [3.05, 3.63) is 36.5 Å². The van der Waals surface area contributed by atoms with E-state index in [0.29, 0.717) is 18.6 Å². The summed E-state index contributed by atoms with van der Waals surface area (Å²) in [5.41, 5.74) is 2.23. The zero-order chi connectivity index (χ0) is 8.27. The average Bonchev–Trinajstić information content (AvgIpc) is 2.04. The molecule has 0 aromatic rings. The highest BCUT2D eigenvalue weighted by molar-refractivity contribution is 5.83. The predicted molar refractivity (Wildman–Crippen MR) is 46.3 cm³/mol. The van der Waals surface area contributed by atoms with Gasteiger partial charge in [0.2, 0.25) is 0 Å². The Morgan fingerprint density at radius 1 is 1.09 bits per heavy atom. The number of ketones is 1. The minimum atomic E-state index is 0.311. The summed E-state index contributed by atoms with van der Waals surface area (Å²) in [5, 5.41) is 0. The normalized spacial score (nSPS) is 18.4. The van der Waals surface area contributed by atoms with Crippen LogP contribution in [0.1, 0.15) is 19.3 Å². The fraction of sp³-hybridized carbons (Fsp3) is 0.300. The van der Waals surface area contributed by atoms with E-state index in [0.717, 1.165) is 12.0 Å². The molecular weight excluding hydrogens is 136 g/mol. The zero-order valence-corrected chi connectivity index (χ0v) is 6.60. The molecule has 0 bridgehead atoms. The Labute approximate surface area is 67.1 Å². The molecule has 11 heavy (non-hydrogen) atoms.